The second-order valence-corrected chi connectivity index (χ2v) is 6.74. The van der Waals surface area contributed by atoms with E-state index in [1.54, 1.807) is 25.2 Å². The molecular weight excluding hydrogens is 262 g/mol. The molecule has 0 saturated carbocycles. The van der Waals surface area contributed by atoms with Crippen molar-refractivity contribution in [3.8, 4) is 0 Å². The minimum Gasteiger partial charge on any atom is -0.481 e. The van der Waals surface area contributed by atoms with E-state index in [0.29, 0.717) is 13.0 Å². The Labute approximate surface area is 117 Å². The number of carbonyl (C=O) groups is 2. The highest BCUT2D eigenvalue weighted by Crippen LogP contribution is 2.27. The van der Waals surface area contributed by atoms with E-state index in [2.05, 4.69) is 5.32 Å². The highest BCUT2D eigenvalue weighted by Gasteiger charge is 2.32. The maximum absolute atomic E-state index is 12.2. The molecule has 0 aliphatic heterocycles. The molecule has 5 heteroatoms. The Hall–Kier alpha value is -1.36. The molecule has 0 fully saturated rings. The molecule has 0 saturated heterocycles. The average molecular weight is 283 g/mol. The van der Waals surface area contributed by atoms with Gasteiger partial charge in [-0.1, -0.05) is 6.07 Å². The van der Waals surface area contributed by atoms with Crippen molar-refractivity contribution in [3.63, 3.8) is 0 Å². The van der Waals surface area contributed by atoms with Crippen molar-refractivity contribution < 1.29 is 14.7 Å². The number of nitrogens with one attached hydrogen (secondary N) is 1. The lowest BCUT2D eigenvalue weighted by atomic mass is 9.88. The number of carboxylic acids is 1. The Morgan fingerprint density at radius 1 is 1.32 bits per heavy atom. The fourth-order valence-electron chi connectivity index (χ4n) is 1.56. The largest absolute Gasteiger partial charge is 0.481 e. The van der Waals surface area contributed by atoms with Crippen molar-refractivity contribution in [1.82, 2.24) is 5.32 Å². The van der Waals surface area contributed by atoms with Crippen LogP contribution in [-0.2, 0) is 15.0 Å². The summed E-state index contributed by atoms with van der Waals surface area (Å²) in [5, 5.41) is 13.8. The smallest absolute Gasteiger partial charge is 0.309 e. The molecule has 0 radical (unpaired) electrons. The van der Waals surface area contributed by atoms with Crippen molar-refractivity contribution in [3.05, 3.63) is 22.4 Å². The predicted molar refractivity (Wildman–Crippen MR) is 76.4 cm³/mol. The maximum Gasteiger partial charge on any atom is 0.309 e. The second kappa shape index (κ2) is 5.74. The summed E-state index contributed by atoms with van der Waals surface area (Å²) in [4.78, 5) is 24.1. The fraction of sp³-hybridized carbons (Fsp3) is 0.571. The molecule has 1 aromatic rings. The van der Waals surface area contributed by atoms with Gasteiger partial charge in [-0.15, -0.1) is 11.3 Å². The van der Waals surface area contributed by atoms with Crippen LogP contribution >= 0.6 is 11.3 Å². The highest BCUT2D eigenvalue weighted by molar-refractivity contribution is 7.10. The van der Waals surface area contributed by atoms with Gasteiger partial charge < -0.3 is 10.4 Å². The lowest BCUT2D eigenvalue weighted by Crippen LogP contribution is -2.41. The zero-order chi connectivity index (χ0) is 14.7. The van der Waals surface area contributed by atoms with Crippen molar-refractivity contribution in [2.75, 3.05) is 6.54 Å². The van der Waals surface area contributed by atoms with Crippen LogP contribution in [0, 0.1) is 5.41 Å². The lowest BCUT2D eigenvalue weighted by molar-refractivity contribution is -0.147. The SMILES string of the molecule is CC(C)(CCNC(=O)C(C)(C)c1cccs1)C(=O)O. The van der Waals surface area contributed by atoms with Gasteiger partial charge in [0.1, 0.15) is 0 Å². The topological polar surface area (TPSA) is 66.4 Å². The number of hydrogen-bond donors (Lipinski definition) is 2. The number of carboxylic acid groups (broad SMARTS) is 1. The van der Waals surface area contributed by atoms with Gasteiger partial charge >= 0.3 is 5.97 Å². The van der Waals surface area contributed by atoms with Crippen molar-refractivity contribution >= 4 is 23.2 Å². The molecule has 0 unspecified atom stereocenters. The number of rotatable bonds is 6. The zero-order valence-corrected chi connectivity index (χ0v) is 12.6. The Kier molecular flexibility index (Phi) is 4.74. The highest BCUT2D eigenvalue weighted by atomic mass is 32.1. The first-order chi connectivity index (χ1) is 8.68. The van der Waals surface area contributed by atoms with Crippen molar-refractivity contribution in [1.29, 1.82) is 0 Å². The van der Waals surface area contributed by atoms with Gasteiger partial charge in [-0.25, -0.2) is 0 Å². The van der Waals surface area contributed by atoms with Crippen LogP contribution in [0.3, 0.4) is 0 Å². The molecule has 0 aliphatic carbocycles. The van der Waals surface area contributed by atoms with Crippen LogP contribution in [-0.4, -0.2) is 23.5 Å². The first-order valence-corrected chi connectivity index (χ1v) is 7.11. The standard InChI is InChI=1S/C14H21NO3S/c1-13(2,12(17)18)7-8-15-11(16)14(3,4)10-6-5-9-19-10/h5-6,9H,7-8H2,1-4H3,(H,15,16)(H,17,18). The average Bonchev–Trinajstić information content (AvgIpc) is 2.82. The molecule has 0 bridgehead atoms. The molecular formula is C14H21NO3S. The maximum atomic E-state index is 12.2. The Morgan fingerprint density at radius 2 is 1.95 bits per heavy atom. The summed E-state index contributed by atoms with van der Waals surface area (Å²) in [5.74, 6) is -0.921. The van der Waals surface area contributed by atoms with Crippen LogP contribution in [0.15, 0.2) is 17.5 Å². The molecule has 0 aliphatic rings. The van der Waals surface area contributed by atoms with Crippen molar-refractivity contribution in [2.24, 2.45) is 5.41 Å². The Balaban J connectivity index is 2.55. The first-order valence-electron chi connectivity index (χ1n) is 6.23. The predicted octanol–water partition coefficient (Wildman–Crippen LogP) is 2.64. The molecule has 106 valence electrons. The van der Waals surface area contributed by atoms with Crippen molar-refractivity contribution in [2.45, 2.75) is 39.5 Å². The van der Waals surface area contributed by atoms with E-state index in [4.69, 9.17) is 5.11 Å². The number of thiophene rings is 1. The minimum absolute atomic E-state index is 0.0730. The van der Waals surface area contributed by atoms with E-state index in [9.17, 15) is 9.59 Å². The van der Waals surface area contributed by atoms with Crippen LogP contribution in [0.2, 0.25) is 0 Å². The molecule has 0 spiro atoms. The molecule has 4 nitrogen and oxygen atoms in total. The molecule has 19 heavy (non-hydrogen) atoms. The minimum atomic E-state index is -0.848. The quantitative estimate of drug-likeness (QED) is 0.843. The van der Waals surface area contributed by atoms with Gasteiger partial charge in [-0.3, -0.25) is 9.59 Å². The van der Waals surface area contributed by atoms with E-state index in [1.807, 2.05) is 31.4 Å². The molecule has 1 rings (SSSR count). The Morgan fingerprint density at radius 3 is 2.42 bits per heavy atom. The molecule has 1 aromatic heterocycles. The fourth-order valence-corrected chi connectivity index (χ4v) is 2.41. The van der Waals surface area contributed by atoms with E-state index >= 15 is 0 Å². The third-order valence-corrected chi connectivity index (χ3v) is 4.51. The van der Waals surface area contributed by atoms with Crippen LogP contribution in [0.25, 0.3) is 0 Å². The zero-order valence-electron chi connectivity index (χ0n) is 11.8. The van der Waals surface area contributed by atoms with Crippen LogP contribution < -0.4 is 5.32 Å². The van der Waals surface area contributed by atoms with Gasteiger partial charge in [0, 0.05) is 11.4 Å². The lowest BCUT2D eigenvalue weighted by Gasteiger charge is -2.24. The van der Waals surface area contributed by atoms with E-state index in [-0.39, 0.29) is 5.91 Å². The van der Waals surface area contributed by atoms with E-state index in [0.717, 1.165) is 4.88 Å². The van der Waals surface area contributed by atoms with Gasteiger partial charge in [0.15, 0.2) is 0 Å². The van der Waals surface area contributed by atoms with Gasteiger partial charge in [-0.2, -0.15) is 0 Å². The van der Waals surface area contributed by atoms with E-state index < -0.39 is 16.8 Å². The summed E-state index contributed by atoms with van der Waals surface area (Å²) in [5.41, 5.74) is -1.40. The number of hydrogen-bond acceptors (Lipinski definition) is 3. The first kappa shape index (κ1) is 15.7. The number of amides is 1. The summed E-state index contributed by atoms with van der Waals surface area (Å²) < 4.78 is 0. The monoisotopic (exact) mass is 283 g/mol. The Bertz CT molecular complexity index is 449. The van der Waals surface area contributed by atoms with Crippen LogP contribution in [0.4, 0.5) is 0 Å². The molecule has 1 heterocycles. The van der Waals surface area contributed by atoms with Crippen LogP contribution in [0.1, 0.15) is 39.0 Å². The summed E-state index contributed by atoms with van der Waals surface area (Å²) in [6.45, 7) is 7.43. The van der Waals surface area contributed by atoms with E-state index in [1.165, 1.54) is 0 Å². The third kappa shape index (κ3) is 3.80. The molecule has 2 N–H and O–H groups in total. The number of aliphatic carboxylic acids is 1. The van der Waals surface area contributed by atoms with Gasteiger partial charge in [-0.05, 0) is 45.6 Å². The summed E-state index contributed by atoms with van der Waals surface area (Å²) >= 11 is 1.55. The van der Waals surface area contributed by atoms with Gasteiger partial charge in [0.05, 0.1) is 10.8 Å². The summed E-state index contributed by atoms with van der Waals surface area (Å²) in [7, 11) is 0. The summed E-state index contributed by atoms with van der Waals surface area (Å²) in [6.07, 6.45) is 0.411. The molecule has 0 atom stereocenters. The molecule has 0 aromatic carbocycles. The van der Waals surface area contributed by atoms with Gasteiger partial charge in [0.25, 0.3) is 0 Å². The third-order valence-electron chi connectivity index (χ3n) is 3.32. The molecule has 1 amide bonds. The summed E-state index contributed by atoms with van der Waals surface area (Å²) in [6, 6.07) is 3.86. The van der Waals surface area contributed by atoms with Crippen LogP contribution in [0.5, 0.6) is 0 Å². The normalized spacial score (nSPS) is 12.2. The number of carbonyl (C=O) groups excluding carboxylic acids is 1. The van der Waals surface area contributed by atoms with Gasteiger partial charge in [0.2, 0.25) is 5.91 Å². The second-order valence-electron chi connectivity index (χ2n) is 5.80.